The van der Waals surface area contributed by atoms with Crippen LogP contribution in [-0.2, 0) is 0 Å². The van der Waals surface area contributed by atoms with Crippen LogP contribution in [0.1, 0.15) is 28.3 Å². The number of nitrogens with one attached hydrogen (secondary N) is 1. The van der Waals surface area contributed by atoms with Crippen LogP contribution >= 0.6 is 0 Å². The van der Waals surface area contributed by atoms with E-state index in [2.05, 4.69) is 11.4 Å². The molecule has 0 aromatic heterocycles. The summed E-state index contributed by atoms with van der Waals surface area (Å²) in [5.74, 6) is 0.580. The number of halogens is 1. The van der Waals surface area contributed by atoms with E-state index in [9.17, 15) is 4.39 Å². The van der Waals surface area contributed by atoms with Gasteiger partial charge in [0.05, 0.1) is 13.2 Å². The molecule has 0 amide bonds. The van der Waals surface area contributed by atoms with Crippen LogP contribution in [0.25, 0.3) is 0 Å². The van der Waals surface area contributed by atoms with Gasteiger partial charge in [0, 0.05) is 5.56 Å². The van der Waals surface area contributed by atoms with Crippen molar-refractivity contribution in [3.63, 3.8) is 0 Å². The van der Waals surface area contributed by atoms with Crippen molar-refractivity contribution in [3.05, 3.63) is 64.5 Å². The average Bonchev–Trinajstić information content (AvgIpc) is 2.44. The number of rotatable bonds is 4. The van der Waals surface area contributed by atoms with Crippen molar-refractivity contribution >= 4 is 0 Å². The van der Waals surface area contributed by atoms with Crippen LogP contribution in [0.2, 0.25) is 0 Å². The van der Waals surface area contributed by atoms with Crippen LogP contribution in [-0.4, -0.2) is 14.2 Å². The van der Waals surface area contributed by atoms with Gasteiger partial charge >= 0.3 is 0 Å². The summed E-state index contributed by atoms with van der Waals surface area (Å²) in [4.78, 5) is 0. The van der Waals surface area contributed by atoms with Crippen molar-refractivity contribution in [2.75, 3.05) is 14.2 Å². The van der Waals surface area contributed by atoms with Gasteiger partial charge in [-0.1, -0.05) is 23.8 Å². The highest BCUT2D eigenvalue weighted by atomic mass is 19.1. The van der Waals surface area contributed by atoms with E-state index in [0.29, 0.717) is 0 Å². The number of methoxy groups -OCH3 is 1. The lowest BCUT2D eigenvalue weighted by molar-refractivity contribution is 0.405. The second-order valence-electron chi connectivity index (χ2n) is 4.97. The van der Waals surface area contributed by atoms with Crippen molar-refractivity contribution in [1.82, 2.24) is 5.32 Å². The van der Waals surface area contributed by atoms with E-state index in [-0.39, 0.29) is 11.9 Å². The predicted molar refractivity (Wildman–Crippen MR) is 79.8 cm³/mol. The first-order valence-electron chi connectivity index (χ1n) is 6.64. The molecule has 0 spiro atoms. The van der Waals surface area contributed by atoms with E-state index >= 15 is 0 Å². The lowest BCUT2D eigenvalue weighted by atomic mass is 9.93. The normalized spacial score (nSPS) is 12.2. The summed E-state index contributed by atoms with van der Waals surface area (Å²) in [6.07, 6.45) is 0. The Balaban J connectivity index is 2.57. The summed E-state index contributed by atoms with van der Waals surface area (Å²) in [7, 11) is 3.52. The maximum atomic E-state index is 13.6. The Kier molecular flexibility index (Phi) is 4.40. The summed E-state index contributed by atoms with van der Waals surface area (Å²) in [5.41, 5.74) is 4.14. The third kappa shape index (κ3) is 2.83. The molecular weight excluding hydrogens is 253 g/mol. The van der Waals surface area contributed by atoms with E-state index in [1.807, 2.05) is 33.0 Å². The molecule has 0 aliphatic heterocycles. The summed E-state index contributed by atoms with van der Waals surface area (Å²) < 4.78 is 19.0. The molecular formula is C17H20FNO. The minimum absolute atomic E-state index is 0.0967. The van der Waals surface area contributed by atoms with Gasteiger partial charge in [-0.15, -0.1) is 0 Å². The lowest BCUT2D eigenvalue weighted by Gasteiger charge is -2.22. The third-order valence-electron chi connectivity index (χ3n) is 3.54. The largest absolute Gasteiger partial charge is 0.496 e. The molecule has 0 bridgehead atoms. The molecule has 0 heterocycles. The number of aryl methyl sites for hydroxylation is 2. The van der Waals surface area contributed by atoms with Crippen LogP contribution in [0.15, 0.2) is 36.4 Å². The molecule has 1 atom stereocenters. The van der Waals surface area contributed by atoms with Gasteiger partial charge < -0.3 is 10.1 Å². The Morgan fingerprint density at radius 2 is 1.80 bits per heavy atom. The Labute approximate surface area is 119 Å². The lowest BCUT2D eigenvalue weighted by Crippen LogP contribution is -2.19. The molecule has 2 aromatic rings. The highest BCUT2D eigenvalue weighted by Gasteiger charge is 2.19. The minimum atomic E-state index is -0.225. The Morgan fingerprint density at radius 3 is 2.45 bits per heavy atom. The highest BCUT2D eigenvalue weighted by molar-refractivity contribution is 5.45. The molecule has 1 unspecified atom stereocenters. The molecule has 0 radical (unpaired) electrons. The van der Waals surface area contributed by atoms with Crippen molar-refractivity contribution in [2.45, 2.75) is 19.9 Å². The van der Waals surface area contributed by atoms with Crippen molar-refractivity contribution in [2.24, 2.45) is 0 Å². The number of hydrogen-bond acceptors (Lipinski definition) is 2. The molecule has 0 saturated heterocycles. The highest BCUT2D eigenvalue weighted by Crippen LogP contribution is 2.32. The molecule has 2 nitrogen and oxygen atoms in total. The molecule has 2 rings (SSSR count). The molecule has 20 heavy (non-hydrogen) atoms. The number of ether oxygens (including phenoxy) is 1. The molecule has 3 heteroatoms. The second kappa shape index (κ2) is 6.06. The first-order valence-corrected chi connectivity index (χ1v) is 6.64. The van der Waals surface area contributed by atoms with Crippen LogP contribution < -0.4 is 10.1 Å². The zero-order valence-electron chi connectivity index (χ0n) is 12.3. The van der Waals surface area contributed by atoms with E-state index in [4.69, 9.17) is 4.74 Å². The SMILES string of the molecule is CNC(c1cc(F)ccc1C)c1cc(C)ccc1OC. The zero-order valence-corrected chi connectivity index (χ0v) is 12.3. The van der Waals surface area contributed by atoms with Crippen LogP contribution in [0.3, 0.4) is 0 Å². The van der Waals surface area contributed by atoms with Crippen molar-refractivity contribution < 1.29 is 9.13 Å². The number of hydrogen-bond donors (Lipinski definition) is 1. The number of benzene rings is 2. The van der Waals surface area contributed by atoms with E-state index in [1.165, 1.54) is 6.07 Å². The Bertz CT molecular complexity index is 610. The molecule has 106 valence electrons. The summed E-state index contributed by atoms with van der Waals surface area (Å²) in [5, 5.41) is 3.26. The van der Waals surface area contributed by atoms with Crippen molar-refractivity contribution in [3.8, 4) is 5.75 Å². The van der Waals surface area contributed by atoms with Gasteiger partial charge in [-0.2, -0.15) is 0 Å². The van der Waals surface area contributed by atoms with Gasteiger partial charge in [0.25, 0.3) is 0 Å². The molecule has 2 aromatic carbocycles. The van der Waals surface area contributed by atoms with E-state index in [1.54, 1.807) is 19.2 Å². The van der Waals surface area contributed by atoms with Crippen LogP contribution in [0, 0.1) is 19.7 Å². The third-order valence-corrected chi connectivity index (χ3v) is 3.54. The maximum absolute atomic E-state index is 13.6. The quantitative estimate of drug-likeness (QED) is 0.915. The standard InChI is InChI=1S/C17H20FNO/c1-11-5-8-16(20-4)15(9-11)17(19-3)14-10-13(18)7-6-12(14)2/h5-10,17,19H,1-4H3. The summed E-state index contributed by atoms with van der Waals surface area (Å²) in [6, 6.07) is 10.8. The van der Waals surface area contributed by atoms with Gasteiger partial charge in [-0.25, -0.2) is 4.39 Å². The van der Waals surface area contributed by atoms with Crippen LogP contribution in [0.5, 0.6) is 5.75 Å². The van der Waals surface area contributed by atoms with Crippen LogP contribution in [0.4, 0.5) is 4.39 Å². The fourth-order valence-corrected chi connectivity index (χ4v) is 2.48. The molecule has 0 aliphatic carbocycles. The van der Waals surface area contributed by atoms with Gasteiger partial charge in [0.15, 0.2) is 0 Å². The molecule has 0 fully saturated rings. The fraction of sp³-hybridized carbons (Fsp3) is 0.294. The van der Waals surface area contributed by atoms with E-state index in [0.717, 1.165) is 28.0 Å². The molecule has 1 N–H and O–H groups in total. The zero-order chi connectivity index (χ0) is 14.7. The summed E-state index contributed by atoms with van der Waals surface area (Å²) >= 11 is 0. The second-order valence-corrected chi connectivity index (χ2v) is 4.97. The average molecular weight is 273 g/mol. The van der Waals surface area contributed by atoms with Gasteiger partial charge in [0.2, 0.25) is 0 Å². The predicted octanol–water partition coefficient (Wildman–Crippen LogP) is 3.76. The summed E-state index contributed by atoms with van der Waals surface area (Å²) in [6.45, 7) is 4.02. The first kappa shape index (κ1) is 14.5. The first-order chi connectivity index (χ1) is 9.56. The van der Waals surface area contributed by atoms with E-state index < -0.39 is 0 Å². The Hall–Kier alpha value is -1.87. The maximum Gasteiger partial charge on any atom is 0.123 e. The molecule has 0 saturated carbocycles. The van der Waals surface area contributed by atoms with Gasteiger partial charge in [-0.3, -0.25) is 0 Å². The fourth-order valence-electron chi connectivity index (χ4n) is 2.48. The monoisotopic (exact) mass is 273 g/mol. The topological polar surface area (TPSA) is 21.3 Å². The van der Waals surface area contributed by atoms with Gasteiger partial charge in [0.1, 0.15) is 11.6 Å². The smallest absolute Gasteiger partial charge is 0.123 e. The molecule has 0 aliphatic rings. The van der Waals surface area contributed by atoms with Crippen molar-refractivity contribution in [1.29, 1.82) is 0 Å². The Morgan fingerprint density at radius 1 is 1.05 bits per heavy atom. The van der Waals surface area contributed by atoms with Gasteiger partial charge in [-0.05, 0) is 50.2 Å². The minimum Gasteiger partial charge on any atom is -0.496 e.